The van der Waals surface area contributed by atoms with Crippen LogP contribution in [0.3, 0.4) is 0 Å². The summed E-state index contributed by atoms with van der Waals surface area (Å²) in [7, 11) is 4.16. The molecule has 3 N–H and O–H groups in total. The highest BCUT2D eigenvalue weighted by Gasteiger charge is 2.09. The molecule has 1 amide bonds. The SMILES string of the molecule is C[NH+](C)Cc1cccc(C(=O)Nc2cccc(-c3nn[nH]n3)c2)c1. The van der Waals surface area contributed by atoms with Gasteiger partial charge in [0, 0.05) is 22.4 Å². The molecule has 24 heavy (non-hydrogen) atoms. The van der Waals surface area contributed by atoms with Crippen molar-refractivity contribution in [3.63, 3.8) is 0 Å². The monoisotopic (exact) mass is 323 g/mol. The van der Waals surface area contributed by atoms with Crippen molar-refractivity contribution in [3.05, 3.63) is 59.7 Å². The first-order chi connectivity index (χ1) is 11.6. The molecule has 0 saturated carbocycles. The Morgan fingerprint density at radius 3 is 2.75 bits per heavy atom. The number of quaternary nitrogens is 1. The molecule has 7 nitrogen and oxygen atoms in total. The van der Waals surface area contributed by atoms with E-state index in [1.54, 1.807) is 0 Å². The van der Waals surface area contributed by atoms with Gasteiger partial charge in [0.05, 0.1) is 14.1 Å². The summed E-state index contributed by atoms with van der Waals surface area (Å²) in [6, 6.07) is 15.0. The molecule has 7 heteroatoms. The van der Waals surface area contributed by atoms with Gasteiger partial charge in [-0.15, -0.1) is 10.2 Å². The lowest BCUT2D eigenvalue weighted by Crippen LogP contribution is -3.04. The summed E-state index contributed by atoms with van der Waals surface area (Å²) in [5.41, 5.74) is 3.24. The lowest BCUT2D eigenvalue weighted by molar-refractivity contribution is -0.872. The van der Waals surface area contributed by atoms with E-state index >= 15 is 0 Å². The molecule has 0 radical (unpaired) electrons. The van der Waals surface area contributed by atoms with Gasteiger partial charge in [0.2, 0.25) is 5.82 Å². The van der Waals surface area contributed by atoms with Gasteiger partial charge in [-0.1, -0.05) is 24.3 Å². The predicted molar refractivity (Wildman–Crippen MR) is 90.5 cm³/mol. The second-order valence-corrected chi connectivity index (χ2v) is 5.85. The number of aromatic amines is 1. The summed E-state index contributed by atoms with van der Waals surface area (Å²) in [6.45, 7) is 0.869. The molecule has 122 valence electrons. The smallest absolute Gasteiger partial charge is 0.255 e. The number of carbonyl (C=O) groups excluding carboxylic acids is 1. The summed E-state index contributed by atoms with van der Waals surface area (Å²) in [6.07, 6.45) is 0. The Morgan fingerprint density at radius 1 is 1.17 bits per heavy atom. The number of aromatic nitrogens is 4. The van der Waals surface area contributed by atoms with E-state index in [4.69, 9.17) is 0 Å². The molecule has 0 aliphatic rings. The third kappa shape index (κ3) is 3.82. The number of rotatable bonds is 5. The van der Waals surface area contributed by atoms with E-state index in [1.165, 1.54) is 4.90 Å². The number of nitrogens with zero attached hydrogens (tertiary/aromatic N) is 3. The maximum absolute atomic E-state index is 12.5. The highest BCUT2D eigenvalue weighted by molar-refractivity contribution is 6.04. The Kier molecular flexibility index (Phi) is 4.62. The fourth-order valence-corrected chi connectivity index (χ4v) is 2.45. The Morgan fingerprint density at radius 2 is 2.00 bits per heavy atom. The number of nitrogens with one attached hydrogen (secondary N) is 3. The van der Waals surface area contributed by atoms with Crippen LogP contribution in [-0.4, -0.2) is 40.6 Å². The molecule has 3 rings (SSSR count). The highest BCUT2D eigenvalue weighted by atomic mass is 16.1. The van der Waals surface area contributed by atoms with E-state index in [9.17, 15) is 4.79 Å². The zero-order chi connectivity index (χ0) is 16.9. The molecule has 0 saturated heterocycles. The largest absolute Gasteiger partial charge is 0.336 e. The van der Waals surface area contributed by atoms with E-state index in [2.05, 4.69) is 40.0 Å². The van der Waals surface area contributed by atoms with Crippen LogP contribution in [-0.2, 0) is 6.54 Å². The number of anilines is 1. The van der Waals surface area contributed by atoms with Crippen molar-refractivity contribution in [2.75, 3.05) is 19.4 Å². The summed E-state index contributed by atoms with van der Waals surface area (Å²) in [4.78, 5) is 13.8. The van der Waals surface area contributed by atoms with Gasteiger partial charge in [0.25, 0.3) is 5.91 Å². The van der Waals surface area contributed by atoms with Gasteiger partial charge in [0.15, 0.2) is 0 Å². The second kappa shape index (κ2) is 7.01. The molecule has 0 unspecified atom stereocenters. The first kappa shape index (κ1) is 15.8. The maximum Gasteiger partial charge on any atom is 0.255 e. The van der Waals surface area contributed by atoms with Gasteiger partial charge >= 0.3 is 0 Å². The van der Waals surface area contributed by atoms with E-state index in [0.717, 1.165) is 17.7 Å². The highest BCUT2D eigenvalue weighted by Crippen LogP contribution is 2.19. The van der Waals surface area contributed by atoms with Crippen molar-refractivity contribution in [1.82, 2.24) is 20.6 Å². The molecule has 1 heterocycles. The molecule has 0 fully saturated rings. The van der Waals surface area contributed by atoms with Crippen LogP contribution in [0.15, 0.2) is 48.5 Å². The number of benzene rings is 2. The first-order valence-electron chi connectivity index (χ1n) is 7.65. The molecule has 3 aromatic rings. The van der Waals surface area contributed by atoms with E-state index in [0.29, 0.717) is 17.1 Å². The maximum atomic E-state index is 12.5. The Bertz CT molecular complexity index is 829. The average Bonchev–Trinajstić information content (AvgIpc) is 3.09. The lowest BCUT2D eigenvalue weighted by Gasteiger charge is -2.10. The summed E-state index contributed by atoms with van der Waals surface area (Å²) < 4.78 is 0. The van der Waals surface area contributed by atoms with Crippen molar-refractivity contribution < 1.29 is 9.69 Å². The zero-order valence-electron chi connectivity index (χ0n) is 13.6. The topological polar surface area (TPSA) is 88.0 Å². The standard InChI is InChI=1S/C17H18N6O/c1-23(2)11-12-5-3-7-14(9-12)17(24)18-15-8-4-6-13(10-15)16-19-21-22-20-16/h3-10H,11H2,1-2H3,(H,18,24)(H,19,20,21,22)/p+1. The van der Waals surface area contributed by atoms with Crippen molar-refractivity contribution in [2.45, 2.75) is 6.54 Å². The normalized spacial score (nSPS) is 10.8. The summed E-state index contributed by atoms with van der Waals surface area (Å²) in [5.74, 6) is 0.345. The fraction of sp³-hybridized carbons (Fsp3) is 0.176. The van der Waals surface area contributed by atoms with Crippen molar-refractivity contribution in [3.8, 4) is 11.4 Å². The molecule has 2 aromatic carbocycles. The van der Waals surface area contributed by atoms with Crippen molar-refractivity contribution in [2.24, 2.45) is 0 Å². The Hall–Kier alpha value is -3.06. The first-order valence-corrected chi connectivity index (χ1v) is 7.65. The quantitative estimate of drug-likeness (QED) is 0.647. The summed E-state index contributed by atoms with van der Waals surface area (Å²) >= 11 is 0. The molecular formula is C17H19N6O+. The molecular weight excluding hydrogens is 304 g/mol. The van der Waals surface area contributed by atoms with Gasteiger partial charge in [-0.25, -0.2) is 0 Å². The van der Waals surface area contributed by atoms with Crippen LogP contribution in [0, 0.1) is 0 Å². The fourth-order valence-electron chi connectivity index (χ4n) is 2.45. The van der Waals surface area contributed by atoms with Crippen LogP contribution >= 0.6 is 0 Å². The number of hydrogen-bond acceptors (Lipinski definition) is 4. The molecule has 0 atom stereocenters. The van der Waals surface area contributed by atoms with Crippen LogP contribution in [0.25, 0.3) is 11.4 Å². The second-order valence-electron chi connectivity index (χ2n) is 5.85. The number of carbonyl (C=O) groups is 1. The van der Waals surface area contributed by atoms with Gasteiger partial charge in [-0.2, -0.15) is 5.21 Å². The average molecular weight is 323 g/mol. The molecule has 0 aliphatic carbocycles. The molecule has 0 spiro atoms. The third-order valence-electron chi connectivity index (χ3n) is 3.47. The molecule has 0 aliphatic heterocycles. The number of hydrogen-bond donors (Lipinski definition) is 3. The van der Waals surface area contributed by atoms with Gasteiger partial charge < -0.3 is 10.2 Å². The Balaban J connectivity index is 1.76. The van der Waals surface area contributed by atoms with E-state index in [1.807, 2.05) is 48.5 Å². The van der Waals surface area contributed by atoms with Crippen LogP contribution in [0.1, 0.15) is 15.9 Å². The van der Waals surface area contributed by atoms with Gasteiger partial charge in [-0.05, 0) is 29.5 Å². The van der Waals surface area contributed by atoms with Crippen molar-refractivity contribution >= 4 is 11.6 Å². The Labute approximate surface area is 139 Å². The predicted octanol–water partition coefficient (Wildman–Crippen LogP) is 0.763. The third-order valence-corrected chi connectivity index (χ3v) is 3.47. The van der Waals surface area contributed by atoms with Crippen LogP contribution in [0.5, 0.6) is 0 Å². The summed E-state index contributed by atoms with van der Waals surface area (Å²) in [5, 5.41) is 16.8. The minimum absolute atomic E-state index is 0.143. The molecule has 0 bridgehead atoms. The minimum Gasteiger partial charge on any atom is -0.336 e. The van der Waals surface area contributed by atoms with Gasteiger partial charge in [-0.3, -0.25) is 4.79 Å². The molecule has 1 aromatic heterocycles. The number of H-pyrrole nitrogens is 1. The van der Waals surface area contributed by atoms with Crippen molar-refractivity contribution in [1.29, 1.82) is 0 Å². The van der Waals surface area contributed by atoms with Gasteiger partial charge in [0.1, 0.15) is 6.54 Å². The van der Waals surface area contributed by atoms with Crippen LogP contribution < -0.4 is 10.2 Å². The lowest BCUT2D eigenvalue weighted by atomic mass is 10.1. The minimum atomic E-state index is -0.143. The van der Waals surface area contributed by atoms with Crippen LogP contribution in [0.4, 0.5) is 5.69 Å². The van der Waals surface area contributed by atoms with E-state index in [-0.39, 0.29) is 5.91 Å². The van der Waals surface area contributed by atoms with Crippen LogP contribution in [0.2, 0.25) is 0 Å². The zero-order valence-corrected chi connectivity index (χ0v) is 13.6. The number of amides is 1. The number of tetrazole rings is 1. The van der Waals surface area contributed by atoms with E-state index < -0.39 is 0 Å².